The van der Waals surface area contributed by atoms with E-state index in [2.05, 4.69) is 20.9 Å². The van der Waals surface area contributed by atoms with Gasteiger partial charge in [-0.1, -0.05) is 29.8 Å². The molecule has 100 valence electrons. The van der Waals surface area contributed by atoms with Gasteiger partial charge in [-0.25, -0.2) is 0 Å². The van der Waals surface area contributed by atoms with Crippen molar-refractivity contribution in [2.75, 3.05) is 5.73 Å². The Balaban J connectivity index is 2.18. The van der Waals surface area contributed by atoms with Crippen molar-refractivity contribution in [3.8, 4) is 0 Å². The Hall–Kier alpha value is -1.78. The number of nitrogen functional groups attached to an aromatic ring is 1. The fraction of sp³-hybridized carbons (Fsp3) is 0. The molecule has 0 spiro atoms. The predicted molar refractivity (Wildman–Crippen MR) is 85.3 cm³/mol. The number of halogens is 2. The highest BCUT2D eigenvalue weighted by Gasteiger charge is 2.18. The number of nitrogens with one attached hydrogen (secondary N) is 1. The second kappa shape index (κ2) is 4.96. The maximum absolute atomic E-state index is 12.7. The highest BCUT2D eigenvalue weighted by molar-refractivity contribution is 9.10. The molecule has 0 aliphatic rings. The van der Waals surface area contributed by atoms with Crippen LogP contribution in [0.4, 0.5) is 5.69 Å². The lowest BCUT2D eigenvalue weighted by Gasteiger charge is -2.05. The Kier molecular flexibility index (Phi) is 3.28. The summed E-state index contributed by atoms with van der Waals surface area (Å²) in [5.74, 6) is -0.0994. The van der Waals surface area contributed by atoms with Crippen molar-refractivity contribution >= 4 is 49.9 Å². The summed E-state index contributed by atoms with van der Waals surface area (Å²) >= 11 is 9.47. The molecule has 0 unspecified atom stereocenters. The number of H-pyrrole nitrogens is 1. The normalized spacial score (nSPS) is 10.9. The molecular formula is C15H10BrClN2O. The number of rotatable bonds is 2. The first-order valence-corrected chi connectivity index (χ1v) is 7.11. The van der Waals surface area contributed by atoms with Crippen LogP contribution in [-0.4, -0.2) is 10.8 Å². The molecule has 0 aliphatic carbocycles. The van der Waals surface area contributed by atoms with Crippen LogP contribution in [0.3, 0.4) is 0 Å². The van der Waals surface area contributed by atoms with Gasteiger partial charge in [-0.3, -0.25) is 4.79 Å². The number of hydrogen-bond donors (Lipinski definition) is 2. The topological polar surface area (TPSA) is 58.9 Å². The minimum absolute atomic E-state index is 0.0994. The molecule has 0 radical (unpaired) electrons. The number of benzene rings is 2. The third-order valence-corrected chi connectivity index (χ3v) is 4.38. The Bertz CT molecular complexity index is 826. The SMILES string of the molecule is Nc1cccc(C(=O)c2c[nH]c3c(Cl)cccc23)c1Br. The number of hydrogen-bond acceptors (Lipinski definition) is 2. The third kappa shape index (κ3) is 2.01. The zero-order chi connectivity index (χ0) is 14.3. The van der Waals surface area contributed by atoms with E-state index in [1.54, 1.807) is 30.5 Å². The zero-order valence-corrected chi connectivity index (χ0v) is 12.6. The van der Waals surface area contributed by atoms with E-state index in [4.69, 9.17) is 17.3 Å². The van der Waals surface area contributed by atoms with Gasteiger partial charge in [0.1, 0.15) is 0 Å². The van der Waals surface area contributed by atoms with Gasteiger partial charge in [0.2, 0.25) is 0 Å². The Morgan fingerprint density at radius 2 is 1.90 bits per heavy atom. The lowest BCUT2D eigenvalue weighted by Crippen LogP contribution is -2.03. The highest BCUT2D eigenvalue weighted by Crippen LogP contribution is 2.30. The number of carbonyl (C=O) groups excluding carboxylic acids is 1. The Morgan fingerprint density at radius 1 is 1.15 bits per heavy atom. The standard InChI is InChI=1S/C15H10BrClN2O/c16-13-9(4-2-6-12(13)18)15(20)10-7-19-14-8(10)3-1-5-11(14)17/h1-7,19H,18H2. The molecule has 3 N–H and O–H groups in total. The number of ketones is 1. The molecule has 20 heavy (non-hydrogen) atoms. The highest BCUT2D eigenvalue weighted by atomic mass is 79.9. The van der Waals surface area contributed by atoms with Crippen molar-refractivity contribution in [1.29, 1.82) is 0 Å². The largest absolute Gasteiger partial charge is 0.398 e. The summed E-state index contributed by atoms with van der Waals surface area (Å²) in [6.45, 7) is 0. The van der Waals surface area contributed by atoms with Crippen LogP contribution in [0.5, 0.6) is 0 Å². The molecule has 1 heterocycles. The minimum atomic E-state index is -0.0994. The molecule has 0 bridgehead atoms. The molecule has 0 aliphatic heterocycles. The van der Waals surface area contributed by atoms with Crippen LogP contribution >= 0.6 is 27.5 Å². The van der Waals surface area contributed by atoms with Gasteiger partial charge in [-0.15, -0.1) is 0 Å². The maximum Gasteiger partial charge on any atom is 0.196 e. The van der Waals surface area contributed by atoms with Crippen LogP contribution in [0.1, 0.15) is 15.9 Å². The fourth-order valence-corrected chi connectivity index (χ4v) is 2.85. The van der Waals surface area contributed by atoms with Gasteiger partial charge in [0, 0.05) is 28.4 Å². The molecule has 0 saturated heterocycles. The zero-order valence-electron chi connectivity index (χ0n) is 10.3. The van der Waals surface area contributed by atoms with E-state index in [1.807, 2.05) is 12.1 Å². The second-order valence-electron chi connectivity index (χ2n) is 4.40. The van der Waals surface area contributed by atoms with Crippen molar-refractivity contribution in [2.45, 2.75) is 0 Å². The summed E-state index contributed by atoms with van der Waals surface area (Å²) in [6, 6.07) is 10.7. The minimum Gasteiger partial charge on any atom is -0.398 e. The van der Waals surface area contributed by atoms with Crippen molar-refractivity contribution in [3.63, 3.8) is 0 Å². The maximum atomic E-state index is 12.7. The van der Waals surface area contributed by atoms with Gasteiger partial charge in [0.25, 0.3) is 0 Å². The summed E-state index contributed by atoms with van der Waals surface area (Å²) < 4.78 is 0.612. The summed E-state index contributed by atoms with van der Waals surface area (Å²) in [4.78, 5) is 15.7. The summed E-state index contributed by atoms with van der Waals surface area (Å²) in [5.41, 5.74) is 8.23. The van der Waals surface area contributed by atoms with Gasteiger partial charge in [-0.2, -0.15) is 0 Å². The van der Waals surface area contributed by atoms with E-state index in [1.165, 1.54) is 0 Å². The summed E-state index contributed by atoms with van der Waals surface area (Å²) in [6.07, 6.45) is 1.68. The quantitative estimate of drug-likeness (QED) is 0.532. The first kappa shape index (κ1) is 13.2. The third-order valence-electron chi connectivity index (χ3n) is 3.18. The number of fused-ring (bicyclic) bond motifs is 1. The number of carbonyl (C=O) groups is 1. The van der Waals surface area contributed by atoms with Crippen LogP contribution in [0.2, 0.25) is 5.02 Å². The van der Waals surface area contributed by atoms with Crippen molar-refractivity contribution < 1.29 is 4.79 Å². The molecule has 5 heteroatoms. The lowest BCUT2D eigenvalue weighted by molar-refractivity contribution is 0.103. The van der Waals surface area contributed by atoms with Crippen molar-refractivity contribution in [1.82, 2.24) is 4.98 Å². The van der Waals surface area contributed by atoms with E-state index in [-0.39, 0.29) is 5.78 Å². The smallest absolute Gasteiger partial charge is 0.196 e. The first-order valence-electron chi connectivity index (χ1n) is 5.94. The summed E-state index contributed by atoms with van der Waals surface area (Å²) in [5, 5.41) is 1.39. The first-order chi connectivity index (χ1) is 9.59. The van der Waals surface area contributed by atoms with E-state index in [0.29, 0.717) is 26.3 Å². The van der Waals surface area contributed by atoms with Crippen LogP contribution < -0.4 is 5.73 Å². The average Bonchev–Trinajstić information content (AvgIpc) is 2.86. The van der Waals surface area contributed by atoms with Gasteiger partial charge in [-0.05, 0) is 34.1 Å². The van der Waals surface area contributed by atoms with Crippen LogP contribution in [0.15, 0.2) is 47.1 Å². The molecule has 3 nitrogen and oxygen atoms in total. The van der Waals surface area contributed by atoms with Gasteiger partial charge in [0.15, 0.2) is 5.78 Å². The predicted octanol–water partition coefficient (Wildman–Crippen LogP) is 4.40. The van der Waals surface area contributed by atoms with E-state index < -0.39 is 0 Å². The van der Waals surface area contributed by atoms with Gasteiger partial charge < -0.3 is 10.7 Å². The number of anilines is 1. The molecule has 0 saturated carbocycles. The molecule has 0 atom stereocenters. The molecular weight excluding hydrogens is 340 g/mol. The summed E-state index contributed by atoms with van der Waals surface area (Å²) in [7, 11) is 0. The van der Waals surface area contributed by atoms with E-state index in [0.717, 1.165) is 10.9 Å². The molecule has 3 rings (SSSR count). The van der Waals surface area contributed by atoms with Gasteiger partial charge in [0.05, 0.1) is 15.0 Å². The van der Waals surface area contributed by atoms with Crippen LogP contribution in [-0.2, 0) is 0 Å². The monoisotopic (exact) mass is 348 g/mol. The molecule has 0 amide bonds. The number of aromatic nitrogens is 1. The van der Waals surface area contributed by atoms with E-state index >= 15 is 0 Å². The molecule has 3 aromatic rings. The number of nitrogens with two attached hydrogens (primary N) is 1. The van der Waals surface area contributed by atoms with Crippen LogP contribution in [0.25, 0.3) is 10.9 Å². The lowest BCUT2D eigenvalue weighted by atomic mass is 10.0. The number of aromatic amines is 1. The van der Waals surface area contributed by atoms with Crippen molar-refractivity contribution in [2.24, 2.45) is 0 Å². The second-order valence-corrected chi connectivity index (χ2v) is 5.60. The van der Waals surface area contributed by atoms with Gasteiger partial charge >= 0.3 is 0 Å². The van der Waals surface area contributed by atoms with Crippen LogP contribution in [0, 0.1) is 0 Å². The average molecular weight is 350 g/mol. The number of para-hydroxylation sites is 1. The molecule has 0 fully saturated rings. The molecule has 1 aromatic heterocycles. The van der Waals surface area contributed by atoms with E-state index in [9.17, 15) is 4.79 Å². The Labute approximate surface area is 128 Å². The molecule has 2 aromatic carbocycles. The Morgan fingerprint density at radius 3 is 2.70 bits per heavy atom. The van der Waals surface area contributed by atoms with Crippen molar-refractivity contribution in [3.05, 3.63) is 63.2 Å². The fourth-order valence-electron chi connectivity index (χ4n) is 2.18.